The van der Waals surface area contributed by atoms with E-state index in [4.69, 9.17) is 14.9 Å². The van der Waals surface area contributed by atoms with Gasteiger partial charge in [-0.05, 0) is 0 Å². The molecule has 8 N–H and O–H groups in total. The standard InChI is InChI=1S/C12H22O14S/c13-1-3-5(15)7(17)8(18)12(24-3)26-27(21,22)25-10-6(16)4(2-14)23-11(20)9(10)19/h3-20H,1-2H2/t3-,4-,5-,6-,7+,8-,9-,10+,11-,12+/m1/s1. The second kappa shape index (κ2) is 8.87. The van der Waals surface area contributed by atoms with Crippen LogP contribution in [0.1, 0.15) is 0 Å². The summed E-state index contributed by atoms with van der Waals surface area (Å²) < 4.78 is 42.5. The van der Waals surface area contributed by atoms with Gasteiger partial charge in [-0.2, -0.15) is 8.42 Å². The van der Waals surface area contributed by atoms with E-state index in [1.165, 1.54) is 0 Å². The lowest BCUT2D eigenvalue weighted by Gasteiger charge is -2.40. The lowest BCUT2D eigenvalue weighted by molar-refractivity contribution is -0.289. The predicted molar refractivity (Wildman–Crippen MR) is 78.6 cm³/mol. The fourth-order valence-electron chi connectivity index (χ4n) is 2.60. The molecule has 27 heavy (non-hydrogen) atoms. The molecule has 0 aromatic rings. The molecular formula is C12H22O14S. The smallest absolute Gasteiger partial charge is 0.394 e. The quantitative estimate of drug-likeness (QED) is 0.199. The van der Waals surface area contributed by atoms with Gasteiger partial charge in [-0.25, -0.2) is 8.37 Å². The molecule has 0 saturated carbocycles. The van der Waals surface area contributed by atoms with Crippen LogP contribution in [0, 0.1) is 0 Å². The van der Waals surface area contributed by atoms with Crippen molar-refractivity contribution in [3.63, 3.8) is 0 Å². The van der Waals surface area contributed by atoms with E-state index in [1.807, 2.05) is 0 Å². The van der Waals surface area contributed by atoms with Gasteiger partial charge in [0.05, 0.1) is 13.2 Å². The lowest BCUT2D eigenvalue weighted by atomic mass is 9.99. The number of hydrogen-bond donors (Lipinski definition) is 8. The Morgan fingerprint density at radius 1 is 0.704 bits per heavy atom. The lowest BCUT2D eigenvalue weighted by Crippen LogP contribution is -2.61. The number of rotatable bonds is 6. The van der Waals surface area contributed by atoms with Crippen LogP contribution in [-0.2, 0) is 28.2 Å². The molecule has 10 atom stereocenters. The molecule has 2 rings (SSSR count). The van der Waals surface area contributed by atoms with Gasteiger partial charge in [-0.3, -0.25) is 0 Å². The van der Waals surface area contributed by atoms with Gasteiger partial charge < -0.3 is 50.3 Å². The highest BCUT2D eigenvalue weighted by Crippen LogP contribution is 2.27. The summed E-state index contributed by atoms with van der Waals surface area (Å²) in [5.74, 6) is 0. The van der Waals surface area contributed by atoms with E-state index in [0.29, 0.717) is 0 Å². The third kappa shape index (κ3) is 4.91. The van der Waals surface area contributed by atoms with Crippen LogP contribution in [0.4, 0.5) is 0 Å². The Hall–Kier alpha value is -0.530. The molecule has 2 saturated heterocycles. The van der Waals surface area contributed by atoms with Crippen molar-refractivity contribution in [1.29, 1.82) is 0 Å². The normalized spacial score (nSPS) is 46.4. The third-order valence-corrected chi connectivity index (χ3v) is 5.01. The molecule has 2 heterocycles. The van der Waals surface area contributed by atoms with Crippen molar-refractivity contribution in [2.75, 3.05) is 13.2 Å². The Morgan fingerprint density at radius 3 is 1.81 bits per heavy atom. The molecule has 160 valence electrons. The van der Waals surface area contributed by atoms with Crippen molar-refractivity contribution in [1.82, 2.24) is 0 Å². The minimum absolute atomic E-state index is 0.835. The Balaban J connectivity index is 2.11. The first-order valence-electron chi connectivity index (χ1n) is 7.75. The zero-order valence-corrected chi connectivity index (χ0v) is 14.4. The van der Waals surface area contributed by atoms with Gasteiger partial charge in [0.15, 0.2) is 6.29 Å². The highest BCUT2D eigenvalue weighted by atomic mass is 32.3. The number of hydrogen-bond acceptors (Lipinski definition) is 14. The van der Waals surface area contributed by atoms with Gasteiger partial charge in [-0.15, -0.1) is 0 Å². The fraction of sp³-hybridized carbons (Fsp3) is 1.00. The highest BCUT2D eigenvalue weighted by molar-refractivity contribution is 7.81. The van der Waals surface area contributed by atoms with Crippen LogP contribution in [-0.4, -0.2) is 124 Å². The summed E-state index contributed by atoms with van der Waals surface area (Å²) in [7, 11) is -5.13. The summed E-state index contributed by atoms with van der Waals surface area (Å²) in [6.45, 7) is -1.67. The first-order valence-corrected chi connectivity index (χ1v) is 9.08. The SMILES string of the molecule is O=S(=O)(O[C@@H]1O[C@H](CO)[C@@H](O)[C@H](O)[C@H]1O)O[C@@H]1[C@@H](O)[C@H](O)O[C@H](CO)[C@H]1O. The van der Waals surface area contributed by atoms with Crippen molar-refractivity contribution in [3.05, 3.63) is 0 Å². The van der Waals surface area contributed by atoms with Gasteiger partial charge in [-0.1, -0.05) is 0 Å². The van der Waals surface area contributed by atoms with Gasteiger partial charge >= 0.3 is 10.4 Å². The molecule has 0 bridgehead atoms. The molecule has 0 radical (unpaired) electrons. The summed E-state index contributed by atoms with van der Waals surface area (Å²) >= 11 is 0. The maximum Gasteiger partial charge on any atom is 0.402 e. The number of aliphatic hydroxyl groups is 8. The van der Waals surface area contributed by atoms with Crippen molar-refractivity contribution >= 4 is 10.4 Å². The molecule has 14 nitrogen and oxygen atoms in total. The topological polar surface area (TPSA) is 233 Å². The minimum atomic E-state index is -5.13. The molecule has 2 fully saturated rings. The van der Waals surface area contributed by atoms with E-state index in [-0.39, 0.29) is 0 Å². The van der Waals surface area contributed by atoms with Crippen molar-refractivity contribution in [2.24, 2.45) is 0 Å². The van der Waals surface area contributed by atoms with Crippen LogP contribution in [0.2, 0.25) is 0 Å². The van der Waals surface area contributed by atoms with Crippen LogP contribution in [0.15, 0.2) is 0 Å². The molecular weight excluding hydrogens is 400 g/mol. The Kier molecular flexibility index (Phi) is 7.47. The third-order valence-electron chi connectivity index (χ3n) is 4.13. The minimum Gasteiger partial charge on any atom is -0.394 e. The van der Waals surface area contributed by atoms with E-state index in [1.54, 1.807) is 0 Å². The molecule has 0 amide bonds. The van der Waals surface area contributed by atoms with E-state index in [0.717, 1.165) is 0 Å². The van der Waals surface area contributed by atoms with Crippen LogP contribution in [0.5, 0.6) is 0 Å². The second-order valence-corrected chi connectivity index (χ2v) is 7.19. The van der Waals surface area contributed by atoms with Crippen molar-refractivity contribution in [3.8, 4) is 0 Å². The van der Waals surface area contributed by atoms with Crippen molar-refractivity contribution < 1.29 is 67.1 Å². The van der Waals surface area contributed by atoms with E-state index < -0.39 is 85.0 Å². The first-order chi connectivity index (χ1) is 12.5. The maximum absolute atomic E-state index is 12.0. The van der Waals surface area contributed by atoms with Gasteiger partial charge in [0.1, 0.15) is 48.8 Å². The van der Waals surface area contributed by atoms with Gasteiger partial charge in [0.25, 0.3) is 0 Å². The molecule has 0 aliphatic carbocycles. The Morgan fingerprint density at radius 2 is 1.26 bits per heavy atom. The second-order valence-electron chi connectivity index (χ2n) is 5.99. The van der Waals surface area contributed by atoms with Crippen LogP contribution in [0.3, 0.4) is 0 Å². The maximum atomic E-state index is 12.0. The summed E-state index contributed by atoms with van der Waals surface area (Å²) in [6.07, 6.45) is -18.7. The number of aliphatic hydroxyl groups excluding tert-OH is 8. The molecule has 2 aliphatic heterocycles. The van der Waals surface area contributed by atoms with Crippen molar-refractivity contribution in [2.45, 2.75) is 61.4 Å². The van der Waals surface area contributed by atoms with E-state index in [9.17, 15) is 39.1 Å². The zero-order valence-electron chi connectivity index (χ0n) is 13.6. The predicted octanol–water partition coefficient (Wildman–Crippen LogP) is -6.14. The van der Waals surface area contributed by atoms with E-state index in [2.05, 4.69) is 13.1 Å². The average molecular weight is 422 g/mol. The van der Waals surface area contributed by atoms with Gasteiger partial charge in [0, 0.05) is 0 Å². The summed E-state index contributed by atoms with van der Waals surface area (Å²) in [4.78, 5) is 0. The highest BCUT2D eigenvalue weighted by Gasteiger charge is 2.49. The monoisotopic (exact) mass is 422 g/mol. The van der Waals surface area contributed by atoms with Crippen LogP contribution >= 0.6 is 0 Å². The van der Waals surface area contributed by atoms with Gasteiger partial charge in [0.2, 0.25) is 6.29 Å². The van der Waals surface area contributed by atoms with E-state index >= 15 is 0 Å². The summed E-state index contributed by atoms with van der Waals surface area (Å²) in [5.41, 5.74) is 0. The average Bonchev–Trinajstić information content (AvgIpc) is 2.62. The Bertz CT molecular complexity index is 583. The molecule has 2 aliphatic rings. The molecule has 0 aromatic heterocycles. The molecule has 0 unspecified atom stereocenters. The molecule has 15 heteroatoms. The largest absolute Gasteiger partial charge is 0.402 e. The molecule has 0 spiro atoms. The summed E-state index contributed by atoms with van der Waals surface area (Å²) in [6, 6.07) is 0. The number of ether oxygens (including phenoxy) is 2. The first kappa shape index (κ1) is 22.8. The summed E-state index contributed by atoms with van der Waals surface area (Å²) in [5, 5.41) is 76.2. The van der Waals surface area contributed by atoms with Crippen LogP contribution in [0.25, 0.3) is 0 Å². The Labute approximate surface area is 153 Å². The fourth-order valence-corrected chi connectivity index (χ4v) is 3.54. The van der Waals surface area contributed by atoms with Crippen LogP contribution < -0.4 is 0 Å². The zero-order chi connectivity index (χ0) is 20.5. The molecule has 0 aromatic carbocycles.